The molecule has 16 heavy (non-hydrogen) atoms. The number of benzene rings is 1. The zero-order chi connectivity index (χ0) is 11.4. The molecule has 0 amide bonds. The number of hydrogen-bond acceptors (Lipinski definition) is 3. The number of hydrogen-bond donors (Lipinski definition) is 1. The molecule has 2 aromatic rings. The molecule has 1 heterocycles. The van der Waals surface area contributed by atoms with Gasteiger partial charge in [0.1, 0.15) is 0 Å². The van der Waals surface area contributed by atoms with E-state index < -0.39 is 0 Å². The molecule has 1 aromatic heterocycles. The van der Waals surface area contributed by atoms with Gasteiger partial charge in [0.15, 0.2) is 5.82 Å². The maximum Gasteiger partial charge on any atom is 0.157 e. The Morgan fingerprint density at radius 2 is 1.94 bits per heavy atom. The summed E-state index contributed by atoms with van der Waals surface area (Å²) in [6.07, 6.45) is 0. The highest BCUT2D eigenvalue weighted by atomic mass is 15.2. The smallest absolute Gasteiger partial charge is 0.157 e. The molecule has 0 aliphatic rings. The van der Waals surface area contributed by atoms with E-state index in [4.69, 9.17) is 0 Å². The summed E-state index contributed by atoms with van der Waals surface area (Å²) >= 11 is 0. The molecule has 0 aliphatic heterocycles. The molecule has 0 atom stereocenters. The summed E-state index contributed by atoms with van der Waals surface area (Å²) in [6.45, 7) is 4.38. The van der Waals surface area contributed by atoms with Crippen LogP contribution in [0, 0.1) is 18.8 Å². The zero-order valence-corrected chi connectivity index (χ0v) is 9.41. The van der Waals surface area contributed by atoms with Crippen molar-refractivity contribution in [3.8, 4) is 11.8 Å². The number of aromatic nitrogens is 2. The second kappa shape index (κ2) is 4.63. The van der Waals surface area contributed by atoms with Crippen molar-refractivity contribution in [1.29, 1.82) is 0 Å². The summed E-state index contributed by atoms with van der Waals surface area (Å²) in [5.41, 5.74) is 0.947. The summed E-state index contributed by atoms with van der Waals surface area (Å²) in [7, 11) is 0. The maximum absolute atomic E-state index is 4.15. The van der Waals surface area contributed by atoms with Gasteiger partial charge in [0.2, 0.25) is 0 Å². The van der Waals surface area contributed by atoms with E-state index >= 15 is 0 Å². The fourth-order valence-electron chi connectivity index (χ4n) is 1.58. The zero-order valence-electron chi connectivity index (χ0n) is 9.41. The van der Waals surface area contributed by atoms with Crippen molar-refractivity contribution in [3.63, 3.8) is 0 Å². The van der Waals surface area contributed by atoms with Gasteiger partial charge in [0, 0.05) is 10.8 Å². The molecule has 0 unspecified atom stereocenters. The van der Waals surface area contributed by atoms with Crippen molar-refractivity contribution in [2.45, 2.75) is 13.8 Å². The van der Waals surface area contributed by atoms with Crippen LogP contribution in [-0.4, -0.2) is 16.7 Å². The molecule has 3 heteroatoms. The van der Waals surface area contributed by atoms with E-state index in [0.29, 0.717) is 6.54 Å². The third kappa shape index (κ3) is 1.96. The maximum atomic E-state index is 4.15. The monoisotopic (exact) mass is 211 g/mol. The van der Waals surface area contributed by atoms with Crippen molar-refractivity contribution in [3.05, 3.63) is 30.0 Å². The fourth-order valence-corrected chi connectivity index (χ4v) is 1.58. The van der Waals surface area contributed by atoms with Gasteiger partial charge in [-0.2, -0.15) is 5.10 Å². The molecule has 0 spiro atoms. The first kappa shape index (κ1) is 10.4. The van der Waals surface area contributed by atoms with Gasteiger partial charge in [-0.1, -0.05) is 30.2 Å². The van der Waals surface area contributed by atoms with Crippen LogP contribution in [0.3, 0.4) is 0 Å². The van der Waals surface area contributed by atoms with Crippen molar-refractivity contribution in [2.75, 3.05) is 11.9 Å². The van der Waals surface area contributed by atoms with Crippen LogP contribution in [0.4, 0.5) is 5.82 Å². The van der Waals surface area contributed by atoms with E-state index in [1.54, 1.807) is 0 Å². The minimum absolute atomic E-state index is 0.595. The van der Waals surface area contributed by atoms with Gasteiger partial charge in [-0.3, -0.25) is 0 Å². The Balaban J connectivity index is 2.44. The second-order valence-electron chi connectivity index (χ2n) is 3.46. The number of anilines is 1. The third-order valence-electron chi connectivity index (χ3n) is 2.39. The predicted octanol–water partition coefficient (Wildman–Crippen LogP) is 2.37. The summed E-state index contributed by atoms with van der Waals surface area (Å²) < 4.78 is 0. The van der Waals surface area contributed by atoms with Gasteiger partial charge >= 0.3 is 0 Å². The third-order valence-corrected chi connectivity index (χ3v) is 2.39. The predicted molar refractivity (Wildman–Crippen MR) is 66.2 cm³/mol. The van der Waals surface area contributed by atoms with Gasteiger partial charge < -0.3 is 5.32 Å². The van der Waals surface area contributed by atoms with Crippen LogP contribution in [0.25, 0.3) is 10.8 Å². The molecular formula is C13H13N3. The number of nitrogens with one attached hydrogen (secondary N) is 1. The highest BCUT2D eigenvalue weighted by Gasteiger charge is 2.04. The highest BCUT2D eigenvalue weighted by Crippen LogP contribution is 2.21. The molecule has 3 nitrogen and oxygen atoms in total. The first-order valence-corrected chi connectivity index (χ1v) is 5.18. The van der Waals surface area contributed by atoms with Crippen LogP contribution in [0.15, 0.2) is 24.3 Å². The molecular weight excluding hydrogens is 198 g/mol. The average Bonchev–Trinajstić information content (AvgIpc) is 2.33. The molecule has 0 fully saturated rings. The molecule has 0 saturated heterocycles. The van der Waals surface area contributed by atoms with Crippen LogP contribution < -0.4 is 5.32 Å². The Morgan fingerprint density at radius 3 is 2.69 bits per heavy atom. The lowest BCUT2D eigenvalue weighted by Gasteiger charge is -2.06. The Labute approximate surface area is 94.9 Å². The molecule has 2 rings (SSSR count). The average molecular weight is 211 g/mol. The van der Waals surface area contributed by atoms with Gasteiger partial charge in [-0.05, 0) is 13.8 Å². The minimum atomic E-state index is 0.595. The molecule has 1 aromatic carbocycles. The topological polar surface area (TPSA) is 37.8 Å². The summed E-state index contributed by atoms with van der Waals surface area (Å²) in [5.74, 6) is 6.58. The number of rotatable bonds is 2. The molecule has 80 valence electrons. The van der Waals surface area contributed by atoms with E-state index in [9.17, 15) is 0 Å². The van der Waals surface area contributed by atoms with Gasteiger partial charge in [0.05, 0.1) is 12.2 Å². The quantitative estimate of drug-likeness (QED) is 0.775. The number of nitrogens with zero attached hydrogens (tertiary/aromatic N) is 2. The van der Waals surface area contributed by atoms with Crippen LogP contribution in [-0.2, 0) is 0 Å². The van der Waals surface area contributed by atoms with Gasteiger partial charge in [-0.25, -0.2) is 0 Å². The lowest BCUT2D eigenvalue weighted by atomic mass is 10.1. The van der Waals surface area contributed by atoms with Crippen LogP contribution in [0.5, 0.6) is 0 Å². The normalized spacial score (nSPS) is 9.62. The first-order valence-electron chi connectivity index (χ1n) is 5.18. The van der Waals surface area contributed by atoms with E-state index in [1.165, 1.54) is 0 Å². The lowest BCUT2D eigenvalue weighted by Crippen LogP contribution is -2.03. The lowest BCUT2D eigenvalue weighted by molar-refractivity contribution is 0.999. The summed E-state index contributed by atoms with van der Waals surface area (Å²) in [4.78, 5) is 0. The van der Waals surface area contributed by atoms with Gasteiger partial charge in [0.25, 0.3) is 0 Å². The minimum Gasteiger partial charge on any atom is -0.357 e. The number of aryl methyl sites for hydroxylation is 1. The summed E-state index contributed by atoms with van der Waals surface area (Å²) in [6, 6.07) is 8.10. The second-order valence-corrected chi connectivity index (χ2v) is 3.46. The van der Waals surface area contributed by atoms with Crippen molar-refractivity contribution < 1.29 is 0 Å². The van der Waals surface area contributed by atoms with E-state index in [-0.39, 0.29) is 0 Å². The number of fused-ring (bicyclic) bond motifs is 1. The van der Waals surface area contributed by atoms with E-state index in [1.807, 2.05) is 32.0 Å². The fraction of sp³-hybridized carbons (Fsp3) is 0.231. The SMILES string of the molecule is CC#CCNc1nnc(C)c2ccccc12. The van der Waals surface area contributed by atoms with Crippen LogP contribution >= 0.6 is 0 Å². The van der Waals surface area contributed by atoms with Crippen molar-refractivity contribution in [2.24, 2.45) is 0 Å². The Morgan fingerprint density at radius 1 is 1.19 bits per heavy atom. The molecule has 0 saturated carbocycles. The Bertz CT molecular complexity index is 564. The summed E-state index contributed by atoms with van der Waals surface area (Å²) in [5, 5.41) is 13.7. The Kier molecular flexibility index (Phi) is 3.02. The van der Waals surface area contributed by atoms with E-state index in [0.717, 1.165) is 22.3 Å². The largest absolute Gasteiger partial charge is 0.357 e. The van der Waals surface area contributed by atoms with E-state index in [2.05, 4.69) is 33.4 Å². The van der Waals surface area contributed by atoms with Gasteiger partial charge in [-0.15, -0.1) is 11.0 Å². The standard InChI is InChI=1S/C13H13N3/c1-3-4-9-14-13-12-8-6-5-7-11(12)10(2)15-16-13/h5-8H,9H2,1-2H3,(H,14,16). The first-order chi connectivity index (χ1) is 7.83. The molecule has 0 aliphatic carbocycles. The van der Waals surface area contributed by atoms with Crippen molar-refractivity contribution >= 4 is 16.6 Å². The van der Waals surface area contributed by atoms with Crippen LogP contribution in [0.1, 0.15) is 12.6 Å². The molecule has 1 N–H and O–H groups in total. The Hall–Kier alpha value is -2.08. The van der Waals surface area contributed by atoms with Crippen LogP contribution in [0.2, 0.25) is 0 Å². The van der Waals surface area contributed by atoms with Crippen molar-refractivity contribution in [1.82, 2.24) is 10.2 Å². The molecule has 0 bridgehead atoms. The highest BCUT2D eigenvalue weighted by molar-refractivity contribution is 5.92. The molecule has 0 radical (unpaired) electrons.